The molecule has 0 spiro atoms. The first kappa shape index (κ1) is 15.8. The largest absolute Gasteiger partial charge is 0.383 e. The standard InChI is InChI=1S/C14H20N2O2S/c1-3-12-5-6-14(19-12)13(17)11-16(8-4-7-15)9-10-18-2/h5-6H,3-4,8-11H2,1-2H3. The van der Waals surface area contributed by atoms with Crippen molar-refractivity contribution in [1.82, 2.24) is 4.90 Å². The zero-order valence-corrected chi connectivity index (χ0v) is 12.3. The molecule has 1 aromatic rings. The molecule has 0 radical (unpaired) electrons. The van der Waals surface area contributed by atoms with Crippen LogP contribution in [-0.2, 0) is 11.2 Å². The lowest BCUT2D eigenvalue weighted by Gasteiger charge is -2.19. The first-order valence-corrected chi connectivity index (χ1v) is 7.23. The van der Waals surface area contributed by atoms with E-state index in [1.54, 1.807) is 18.4 Å². The summed E-state index contributed by atoms with van der Waals surface area (Å²) >= 11 is 1.56. The van der Waals surface area contributed by atoms with Crippen LogP contribution < -0.4 is 0 Å². The summed E-state index contributed by atoms with van der Waals surface area (Å²) in [5, 5.41) is 8.64. The third-order valence-electron chi connectivity index (χ3n) is 2.80. The van der Waals surface area contributed by atoms with E-state index in [2.05, 4.69) is 13.0 Å². The van der Waals surface area contributed by atoms with Crippen molar-refractivity contribution < 1.29 is 9.53 Å². The zero-order chi connectivity index (χ0) is 14.1. The number of carbonyl (C=O) groups excluding carboxylic acids is 1. The Hall–Kier alpha value is -1.22. The number of hydrogen-bond donors (Lipinski definition) is 0. The average molecular weight is 280 g/mol. The van der Waals surface area contributed by atoms with Crippen molar-refractivity contribution in [3.05, 3.63) is 21.9 Å². The maximum Gasteiger partial charge on any atom is 0.186 e. The van der Waals surface area contributed by atoms with E-state index in [4.69, 9.17) is 10.00 Å². The highest BCUT2D eigenvalue weighted by molar-refractivity contribution is 7.14. The first-order valence-electron chi connectivity index (χ1n) is 6.41. The van der Waals surface area contributed by atoms with Crippen LogP contribution in [0.2, 0.25) is 0 Å². The number of carbonyl (C=O) groups is 1. The summed E-state index contributed by atoms with van der Waals surface area (Å²) in [4.78, 5) is 16.2. The normalized spacial score (nSPS) is 10.6. The predicted molar refractivity (Wildman–Crippen MR) is 76.6 cm³/mol. The molecule has 0 aliphatic carbocycles. The van der Waals surface area contributed by atoms with E-state index in [1.165, 1.54) is 4.88 Å². The van der Waals surface area contributed by atoms with Crippen LogP contribution in [0.5, 0.6) is 0 Å². The van der Waals surface area contributed by atoms with E-state index in [0.717, 1.165) is 11.3 Å². The number of aryl methyl sites for hydroxylation is 1. The molecule has 0 aromatic carbocycles. The molecule has 104 valence electrons. The topological polar surface area (TPSA) is 53.3 Å². The quantitative estimate of drug-likeness (QED) is 0.652. The van der Waals surface area contributed by atoms with Crippen LogP contribution in [0, 0.1) is 11.3 Å². The smallest absolute Gasteiger partial charge is 0.186 e. The fourth-order valence-electron chi connectivity index (χ4n) is 1.70. The van der Waals surface area contributed by atoms with Gasteiger partial charge in [0.1, 0.15) is 0 Å². The summed E-state index contributed by atoms with van der Waals surface area (Å²) in [6.07, 6.45) is 1.39. The number of nitriles is 1. The third-order valence-corrected chi connectivity index (χ3v) is 4.07. The Labute approximate surface area is 118 Å². The number of ketones is 1. The van der Waals surface area contributed by atoms with Gasteiger partial charge in [-0.15, -0.1) is 11.3 Å². The van der Waals surface area contributed by atoms with E-state index in [-0.39, 0.29) is 5.78 Å². The van der Waals surface area contributed by atoms with E-state index < -0.39 is 0 Å². The van der Waals surface area contributed by atoms with Crippen LogP contribution in [0.3, 0.4) is 0 Å². The number of Topliss-reactive ketones (excluding diaryl/α,β-unsaturated/α-hetero) is 1. The SMILES string of the molecule is CCc1ccc(C(=O)CN(CCC#N)CCOC)s1. The van der Waals surface area contributed by atoms with Gasteiger partial charge in [-0.3, -0.25) is 9.69 Å². The molecule has 0 amide bonds. The van der Waals surface area contributed by atoms with E-state index in [9.17, 15) is 4.79 Å². The molecule has 0 bridgehead atoms. The van der Waals surface area contributed by atoms with Crippen LogP contribution in [0.4, 0.5) is 0 Å². The third kappa shape index (κ3) is 5.52. The number of rotatable bonds is 9. The molecule has 5 heteroatoms. The van der Waals surface area contributed by atoms with Crippen molar-refractivity contribution >= 4 is 17.1 Å². The number of nitrogens with zero attached hydrogens (tertiary/aromatic N) is 2. The fraction of sp³-hybridized carbons (Fsp3) is 0.571. The number of thiophene rings is 1. The van der Waals surface area contributed by atoms with Crippen molar-refractivity contribution in [3.8, 4) is 6.07 Å². The van der Waals surface area contributed by atoms with Crippen molar-refractivity contribution in [1.29, 1.82) is 5.26 Å². The van der Waals surface area contributed by atoms with Crippen LogP contribution >= 0.6 is 11.3 Å². The summed E-state index contributed by atoms with van der Waals surface area (Å²) in [6, 6.07) is 6.01. The van der Waals surface area contributed by atoms with Crippen molar-refractivity contribution in [2.24, 2.45) is 0 Å². The maximum atomic E-state index is 12.2. The van der Waals surface area contributed by atoms with Crippen molar-refractivity contribution in [3.63, 3.8) is 0 Å². The molecule has 0 unspecified atom stereocenters. The molecule has 0 aliphatic heterocycles. The summed E-state index contributed by atoms with van der Waals surface area (Å²) in [5.41, 5.74) is 0. The molecule has 0 saturated heterocycles. The summed E-state index contributed by atoms with van der Waals surface area (Å²) < 4.78 is 5.03. The predicted octanol–water partition coefficient (Wildman–Crippen LogP) is 2.36. The minimum atomic E-state index is 0.124. The summed E-state index contributed by atoms with van der Waals surface area (Å²) in [6.45, 7) is 4.30. The highest BCUT2D eigenvalue weighted by Crippen LogP contribution is 2.17. The second-order valence-corrected chi connectivity index (χ2v) is 5.39. The van der Waals surface area contributed by atoms with Crippen molar-refractivity contribution in [2.75, 3.05) is 33.4 Å². The molecule has 0 N–H and O–H groups in total. The first-order chi connectivity index (χ1) is 9.21. The molecular weight excluding hydrogens is 260 g/mol. The molecule has 0 atom stereocenters. The molecule has 1 aromatic heterocycles. The Bertz CT molecular complexity index is 437. The molecule has 1 rings (SSSR count). The van der Waals surface area contributed by atoms with Gasteiger partial charge in [-0.05, 0) is 18.6 Å². The van der Waals surface area contributed by atoms with Gasteiger partial charge in [0.15, 0.2) is 5.78 Å². The minimum absolute atomic E-state index is 0.124. The fourth-order valence-corrected chi connectivity index (χ4v) is 2.57. The lowest BCUT2D eigenvalue weighted by atomic mass is 10.2. The molecule has 0 fully saturated rings. The summed E-state index contributed by atoms with van der Waals surface area (Å²) in [7, 11) is 1.64. The molecule has 0 aliphatic rings. The van der Waals surface area contributed by atoms with Crippen LogP contribution in [0.15, 0.2) is 12.1 Å². The van der Waals surface area contributed by atoms with Gasteiger partial charge < -0.3 is 4.74 Å². The van der Waals surface area contributed by atoms with Gasteiger partial charge in [-0.1, -0.05) is 6.92 Å². The molecule has 19 heavy (non-hydrogen) atoms. The lowest BCUT2D eigenvalue weighted by molar-refractivity contribution is 0.0902. The zero-order valence-electron chi connectivity index (χ0n) is 11.5. The molecule has 0 saturated carbocycles. The second kappa shape index (κ2) is 8.81. The number of hydrogen-bond acceptors (Lipinski definition) is 5. The Morgan fingerprint density at radius 1 is 1.47 bits per heavy atom. The molecular formula is C14H20N2O2S. The molecule has 4 nitrogen and oxygen atoms in total. The van der Waals surface area contributed by atoms with Gasteiger partial charge >= 0.3 is 0 Å². The van der Waals surface area contributed by atoms with E-state index >= 15 is 0 Å². The van der Waals surface area contributed by atoms with Crippen LogP contribution in [-0.4, -0.2) is 44.0 Å². The lowest BCUT2D eigenvalue weighted by Crippen LogP contribution is -2.33. The molecule has 1 heterocycles. The van der Waals surface area contributed by atoms with Gasteiger partial charge in [0.05, 0.1) is 24.1 Å². The minimum Gasteiger partial charge on any atom is -0.383 e. The van der Waals surface area contributed by atoms with Gasteiger partial charge in [-0.2, -0.15) is 5.26 Å². The Balaban J connectivity index is 2.56. The maximum absolute atomic E-state index is 12.2. The Kier molecular flexibility index (Phi) is 7.34. The van der Waals surface area contributed by atoms with E-state index in [1.807, 2.05) is 17.0 Å². The average Bonchev–Trinajstić information content (AvgIpc) is 2.90. The summed E-state index contributed by atoms with van der Waals surface area (Å²) in [5.74, 6) is 0.124. The highest BCUT2D eigenvalue weighted by Gasteiger charge is 2.14. The van der Waals surface area contributed by atoms with Crippen LogP contribution in [0.25, 0.3) is 0 Å². The van der Waals surface area contributed by atoms with Gasteiger partial charge in [0.25, 0.3) is 0 Å². The van der Waals surface area contributed by atoms with Gasteiger partial charge in [0, 0.05) is 31.5 Å². The van der Waals surface area contributed by atoms with Gasteiger partial charge in [0.2, 0.25) is 0 Å². The monoisotopic (exact) mass is 280 g/mol. The second-order valence-electron chi connectivity index (χ2n) is 4.22. The highest BCUT2D eigenvalue weighted by atomic mass is 32.1. The number of ether oxygens (including phenoxy) is 1. The van der Waals surface area contributed by atoms with Crippen molar-refractivity contribution in [2.45, 2.75) is 19.8 Å². The van der Waals surface area contributed by atoms with E-state index in [0.29, 0.717) is 32.7 Å². The van der Waals surface area contributed by atoms with Gasteiger partial charge in [-0.25, -0.2) is 0 Å². The number of methoxy groups -OCH3 is 1. The Morgan fingerprint density at radius 3 is 2.84 bits per heavy atom. The Morgan fingerprint density at radius 2 is 2.26 bits per heavy atom. The van der Waals surface area contributed by atoms with Crippen LogP contribution in [0.1, 0.15) is 27.9 Å².